The van der Waals surface area contributed by atoms with Crippen LogP contribution in [0.5, 0.6) is 11.5 Å². The van der Waals surface area contributed by atoms with Gasteiger partial charge >= 0.3 is 0 Å². The van der Waals surface area contributed by atoms with Crippen LogP contribution in [-0.2, 0) is 6.42 Å². The molecule has 0 radical (unpaired) electrons. The minimum absolute atomic E-state index is 0.0208. The zero-order chi connectivity index (χ0) is 24.1. The monoisotopic (exact) mass is 539 g/mol. The minimum Gasteiger partial charge on any atom is -0.503 e. The number of methoxy groups -OCH3 is 1. The largest absolute Gasteiger partial charge is 0.503 e. The summed E-state index contributed by atoms with van der Waals surface area (Å²) in [7, 11) is 1.43. The molecule has 4 aromatic rings. The molecule has 0 bridgehead atoms. The van der Waals surface area contributed by atoms with E-state index in [4.69, 9.17) is 20.8 Å². The molecule has 1 aliphatic heterocycles. The minimum atomic E-state index is -0.805. The molecule has 6 nitrogen and oxygen atoms in total. The first-order valence-electron chi connectivity index (χ1n) is 10.6. The summed E-state index contributed by atoms with van der Waals surface area (Å²) in [5.41, 5.74) is 2.46. The van der Waals surface area contributed by atoms with Crippen LogP contribution in [0.15, 0.2) is 68.3 Å². The first kappa shape index (κ1) is 22.5. The van der Waals surface area contributed by atoms with Crippen molar-refractivity contribution in [3.63, 3.8) is 0 Å². The van der Waals surface area contributed by atoms with Gasteiger partial charge in [-0.15, -0.1) is 0 Å². The first-order valence-corrected chi connectivity index (χ1v) is 11.8. The van der Waals surface area contributed by atoms with Crippen LogP contribution in [0.25, 0.3) is 11.0 Å². The molecule has 2 heterocycles. The summed E-state index contributed by atoms with van der Waals surface area (Å²) in [6, 6.07) is 14.8. The molecule has 1 unspecified atom stereocenters. The van der Waals surface area contributed by atoms with Crippen molar-refractivity contribution in [3.8, 4) is 11.5 Å². The van der Waals surface area contributed by atoms with Gasteiger partial charge in [-0.25, -0.2) is 0 Å². The fourth-order valence-electron chi connectivity index (χ4n) is 4.33. The van der Waals surface area contributed by atoms with Crippen LogP contribution in [0.3, 0.4) is 0 Å². The topological polar surface area (TPSA) is 80.0 Å². The summed E-state index contributed by atoms with van der Waals surface area (Å²) < 4.78 is 11.7. The Balaban J connectivity index is 1.82. The Bertz CT molecular complexity index is 1510. The number of anilines is 1. The highest BCUT2D eigenvalue weighted by Gasteiger charge is 2.44. The Hall–Kier alpha value is -3.29. The van der Waals surface area contributed by atoms with Gasteiger partial charge in [-0.05, 0) is 75.9 Å². The summed E-state index contributed by atoms with van der Waals surface area (Å²) in [4.78, 5) is 28.9. The Labute approximate surface area is 208 Å². The molecule has 1 N–H and O–H groups in total. The summed E-state index contributed by atoms with van der Waals surface area (Å²) >= 11 is 9.50. The standard InChI is InChI=1S/C26H19BrClNO5/c1-3-13-4-7-16(8-5-13)29-22(14-10-18(27)24(31)20(11-14)33-2)21-23(30)17-12-15(28)6-9-19(17)34-25(21)26(29)32/h4-12,22,31H,3H2,1-2H3. The maximum Gasteiger partial charge on any atom is 0.295 e. The van der Waals surface area contributed by atoms with Crippen molar-refractivity contribution in [2.24, 2.45) is 0 Å². The van der Waals surface area contributed by atoms with E-state index in [1.165, 1.54) is 18.1 Å². The van der Waals surface area contributed by atoms with Crippen LogP contribution < -0.4 is 15.1 Å². The molecule has 3 aromatic carbocycles. The van der Waals surface area contributed by atoms with Gasteiger partial charge in [0.1, 0.15) is 5.58 Å². The molecule has 0 spiro atoms. The van der Waals surface area contributed by atoms with Gasteiger partial charge < -0.3 is 14.3 Å². The van der Waals surface area contributed by atoms with Gasteiger partial charge in [0.2, 0.25) is 5.76 Å². The molecule has 0 saturated heterocycles. The van der Waals surface area contributed by atoms with E-state index in [2.05, 4.69) is 15.9 Å². The normalized spacial score (nSPS) is 15.1. The number of hydrogen-bond donors (Lipinski definition) is 1. The number of phenols is 1. The molecule has 1 aromatic heterocycles. The van der Waals surface area contributed by atoms with Crippen LogP contribution in [0.4, 0.5) is 5.69 Å². The lowest BCUT2D eigenvalue weighted by Gasteiger charge is -2.26. The first-order chi connectivity index (χ1) is 16.3. The molecule has 34 heavy (non-hydrogen) atoms. The van der Waals surface area contributed by atoms with E-state index in [-0.39, 0.29) is 39.2 Å². The van der Waals surface area contributed by atoms with Crippen molar-refractivity contribution < 1.29 is 19.1 Å². The quantitative estimate of drug-likeness (QED) is 0.332. The Morgan fingerprint density at radius 2 is 1.85 bits per heavy atom. The number of benzene rings is 3. The van der Waals surface area contributed by atoms with Crippen LogP contribution in [0.2, 0.25) is 5.02 Å². The number of carbonyl (C=O) groups excluding carboxylic acids is 1. The maximum atomic E-state index is 13.7. The zero-order valence-electron chi connectivity index (χ0n) is 18.3. The van der Waals surface area contributed by atoms with Gasteiger partial charge in [0.05, 0.1) is 28.6 Å². The van der Waals surface area contributed by atoms with Crippen LogP contribution in [0.1, 0.15) is 40.2 Å². The molecule has 1 aliphatic rings. The van der Waals surface area contributed by atoms with E-state index in [0.717, 1.165) is 12.0 Å². The molecule has 0 saturated carbocycles. The summed E-state index contributed by atoms with van der Waals surface area (Å²) in [6.45, 7) is 2.05. The summed E-state index contributed by atoms with van der Waals surface area (Å²) in [6.07, 6.45) is 0.853. The lowest BCUT2D eigenvalue weighted by Crippen LogP contribution is -2.29. The zero-order valence-corrected chi connectivity index (χ0v) is 20.6. The number of aryl methyl sites for hydroxylation is 1. The lowest BCUT2D eigenvalue weighted by atomic mass is 9.97. The lowest BCUT2D eigenvalue weighted by molar-refractivity contribution is 0.0971. The molecule has 1 atom stereocenters. The maximum absolute atomic E-state index is 13.7. The highest BCUT2D eigenvalue weighted by atomic mass is 79.9. The molecule has 5 rings (SSSR count). The second-order valence-corrected chi connectivity index (χ2v) is 9.26. The predicted octanol–water partition coefficient (Wildman–Crippen LogP) is 6.24. The molecule has 172 valence electrons. The third-order valence-electron chi connectivity index (χ3n) is 6.04. The number of rotatable bonds is 4. The third kappa shape index (κ3) is 3.47. The van der Waals surface area contributed by atoms with E-state index in [9.17, 15) is 14.7 Å². The van der Waals surface area contributed by atoms with Gasteiger partial charge in [0.25, 0.3) is 5.91 Å². The van der Waals surface area contributed by atoms with Crippen LogP contribution in [-0.4, -0.2) is 18.1 Å². The van der Waals surface area contributed by atoms with Gasteiger partial charge in [0, 0.05) is 10.7 Å². The molecule has 0 aliphatic carbocycles. The van der Waals surface area contributed by atoms with E-state index in [0.29, 0.717) is 20.7 Å². The number of carbonyl (C=O) groups is 1. The average molecular weight is 541 g/mol. The van der Waals surface area contributed by atoms with E-state index < -0.39 is 11.9 Å². The fourth-order valence-corrected chi connectivity index (χ4v) is 4.96. The van der Waals surface area contributed by atoms with Gasteiger partial charge in [-0.3, -0.25) is 14.5 Å². The second-order valence-electron chi connectivity index (χ2n) is 7.97. The molecule has 8 heteroatoms. The van der Waals surface area contributed by atoms with Crippen molar-refractivity contribution in [1.82, 2.24) is 0 Å². The van der Waals surface area contributed by atoms with E-state index >= 15 is 0 Å². The summed E-state index contributed by atoms with van der Waals surface area (Å²) in [5, 5.41) is 11.0. The number of halogens is 2. The second kappa shape index (κ2) is 8.49. The number of nitrogens with zero attached hydrogens (tertiary/aromatic N) is 1. The van der Waals surface area contributed by atoms with Crippen molar-refractivity contribution in [2.75, 3.05) is 12.0 Å². The van der Waals surface area contributed by atoms with Crippen LogP contribution >= 0.6 is 27.5 Å². The number of phenolic OH excluding ortho intramolecular Hbond substituents is 1. The number of hydrogen-bond acceptors (Lipinski definition) is 5. The van der Waals surface area contributed by atoms with E-state index in [1.54, 1.807) is 24.3 Å². The van der Waals surface area contributed by atoms with Crippen molar-refractivity contribution in [2.45, 2.75) is 19.4 Å². The average Bonchev–Trinajstić information content (AvgIpc) is 3.13. The van der Waals surface area contributed by atoms with Crippen molar-refractivity contribution in [1.29, 1.82) is 0 Å². The molecular weight excluding hydrogens is 522 g/mol. The summed E-state index contributed by atoms with van der Waals surface area (Å²) in [5.74, 6) is -0.319. The highest BCUT2D eigenvalue weighted by molar-refractivity contribution is 9.10. The predicted molar refractivity (Wildman–Crippen MR) is 134 cm³/mol. The molecule has 0 fully saturated rings. The van der Waals surface area contributed by atoms with Gasteiger partial charge in [-0.2, -0.15) is 0 Å². The van der Waals surface area contributed by atoms with Crippen molar-refractivity contribution >= 4 is 50.1 Å². The number of amides is 1. The Morgan fingerprint density at radius 1 is 1.12 bits per heavy atom. The Morgan fingerprint density at radius 3 is 2.53 bits per heavy atom. The van der Waals surface area contributed by atoms with E-state index in [1.807, 2.05) is 31.2 Å². The number of fused-ring (bicyclic) bond motifs is 2. The van der Waals surface area contributed by atoms with Crippen LogP contribution in [0, 0.1) is 0 Å². The number of ether oxygens (including phenoxy) is 1. The van der Waals surface area contributed by atoms with Gasteiger partial charge in [-0.1, -0.05) is 30.7 Å². The highest BCUT2D eigenvalue weighted by Crippen LogP contribution is 2.45. The molecular formula is C26H19BrClNO5. The molecule has 1 amide bonds. The Kier molecular flexibility index (Phi) is 5.62. The number of aromatic hydroxyl groups is 1. The SMILES string of the molecule is CCc1ccc(N2C(=O)c3oc4ccc(Cl)cc4c(=O)c3C2c2cc(Br)c(O)c(OC)c2)cc1. The van der Waals surface area contributed by atoms with Gasteiger partial charge in [0.15, 0.2) is 16.9 Å². The third-order valence-corrected chi connectivity index (χ3v) is 6.88. The fraction of sp³-hybridized carbons (Fsp3) is 0.154. The van der Waals surface area contributed by atoms with Crippen molar-refractivity contribution in [3.05, 3.63) is 96.8 Å². The smallest absolute Gasteiger partial charge is 0.295 e.